The number of nitrogens with one attached hydrogen (secondary N) is 1. The maximum atomic E-state index is 15.7. The molecule has 2 aromatic carbocycles. The van der Waals surface area contributed by atoms with Crippen LogP contribution in [0.25, 0.3) is 11.1 Å². The van der Waals surface area contributed by atoms with E-state index in [0.29, 0.717) is 41.4 Å². The highest BCUT2D eigenvalue weighted by Crippen LogP contribution is 2.36. The minimum absolute atomic E-state index is 0.0397. The number of aromatic nitrogens is 1. The van der Waals surface area contributed by atoms with Crippen LogP contribution in [0, 0.1) is 44.2 Å². The highest BCUT2D eigenvalue weighted by molar-refractivity contribution is 5.82. The Kier molecular flexibility index (Phi) is 10.6. The Morgan fingerprint density at radius 1 is 1.00 bits per heavy atom. The van der Waals surface area contributed by atoms with E-state index in [9.17, 15) is 37.1 Å². The Morgan fingerprint density at radius 2 is 1.62 bits per heavy atom. The highest BCUT2D eigenvalue weighted by Gasteiger charge is 2.37. The zero-order valence-electron chi connectivity index (χ0n) is 27.3. The molecule has 2 heterocycles. The van der Waals surface area contributed by atoms with Gasteiger partial charge in [0.1, 0.15) is 17.7 Å². The van der Waals surface area contributed by atoms with E-state index in [4.69, 9.17) is 0 Å². The maximum absolute atomic E-state index is 15.7. The molecule has 4 rings (SSSR count). The first-order valence-electron chi connectivity index (χ1n) is 15.5. The number of alkyl halides is 3. The lowest BCUT2D eigenvalue weighted by Gasteiger charge is -2.37. The summed E-state index contributed by atoms with van der Waals surface area (Å²) in [6.07, 6.45) is -4.32. The summed E-state index contributed by atoms with van der Waals surface area (Å²) in [5.74, 6) is -3.64. The molecular formula is C35H40F5N3O4. The Balaban J connectivity index is 1.79. The highest BCUT2D eigenvalue weighted by atomic mass is 19.4. The number of aliphatic carboxylic acids is 1. The first kappa shape index (κ1) is 35.8. The van der Waals surface area contributed by atoms with E-state index in [1.807, 2.05) is 11.9 Å². The Hall–Kier alpha value is -4.06. The van der Waals surface area contributed by atoms with Crippen LogP contribution in [0.1, 0.15) is 72.2 Å². The lowest BCUT2D eigenvalue weighted by atomic mass is 9.90. The molecular weight excluding hydrogens is 621 g/mol. The van der Waals surface area contributed by atoms with Crippen molar-refractivity contribution >= 4 is 11.9 Å². The molecule has 12 heteroatoms. The molecule has 2 unspecified atom stereocenters. The number of halogens is 5. The van der Waals surface area contributed by atoms with Crippen molar-refractivity contribution in [2.45, 2.75) is 72.1 Å². The normalized spacial score (nSPS) is 15.4. The van der Waals surface area contributed by atoms with E-state index in [1.165, 1.54) is 25.1 Å². The smallest absolute Gasteiger partial charge is 0.416 e. The number of hydrogen-bond acceptors (Lipinski definition) is 4. The number of carbonyl (C=O) groups is 2. The number of rotatable bonds is 11. The molecule has 0 radical (unpaired) electrons. The summed E-state index contributed by atoms with van der Waals surface area (Å²) in [5.41, 5.74) is 0.0832. The fourth-order valence-corrected chi connectivity index (χ4v) is 6.57. The number of carbonyl (C=O) groups excluding carboxylic acids is 1. The quantitative estimate of drug-likeness (QED) is 0.222. The number of carboxylic acid groups (broad SMARTS) is 1. The van der Waals surface area contributed by atoms with Gasteiger partial charge in [-0.15, -0.1) is 0 Å². The van der Waals surface area contributed by atoms with Gasteiger partial charge in [0.15, 0.2) is 0 Å². The van der Waals surface area contributed by atoms with Gasteiger partial charge < -0.3 is 19.9 Å². The topological polar surface area (TPSA) is 91.6 Å². The van der Waals surface area contributed by atoms with E-state index < -0.39 is 59.3 Å². The average molecular weight is 662 g/mol. The zero-order valence-corrected chi connectivity index (χ0v) is 27.3. The van der Waals surface area contributed by atoms with Crippen molar-refractivity contribution in [2.24, 2.45) is 11.8 Å². The van der Waals surface area contributed by atoms with Crippen LogP contribution in [-0.4, -0.2) is 46.6 Å². The number of likely N-dealkylation sites (tertiary alicyclic amines) is 1. The van der Waals surface area contributed by atoms with Crippen LogP contribution in [0.15, 0.2) is 41.3 Å². The third-order valence-corrected chi connectivity index (χ3v) is 8.59. The number of aryl methyl sites for hydroxylation is 3. The molecule has 1 aromatic heterocycles. The fourth-order valence-electron chi connectivity index (χ4n) is 6.57. The molecule has 1 aliphatic rings. The summed E-state index contributed by atoms with van der Waals surface area (Å²) in [5, 5.41) is 12.4. The number of hydrogen-bond donors (Lipinski definition) is 2. The van der Waals surface area contributed by atoms with Gasteiger partial charge in [-0.1, -0.05) is 13.8 Å². The van der Waals surface area contributed by atoms with Crippen LogP contribution >= 0.6 is 0 Å². The average Bonchev–Trinajstić information content (AvgIpc) is 2.91. The molecule has 3 aromatic rings. The van der Waals surface area contributed by atoms with Gasteiger partial charge in [-0.2, -0.15) is 13.2 Å². The van der Waals surface area contributed by atoms with Gasteiger partial charge in [0.2, 0.25) is 5.91 Å². The Morgan fingerprint density at radius 3 is 2.15 bits per heavy atom. The van der Waals surface area contributed by atoms with Crippen molar-refractivity contribution in [1.82, 2.24) is 14.8 Å². The number of pyridine rings is 1. The zero-order chi connectivity index (χ0) is 35.0. The monoisotopic (exact) mass is 661 g/mol. The molecule has 47 heavy (non-hydrogen) atoms. The second-order valence-electron chi connectivity index (χ2n) is 13.2. The fraction of sp³-hybridized carbons (Fsp3) is 0.457. The van der Waals surface area contributed by atoms with Gasteiger partial charge in [-0.05, 0) is 110 Å². The molecule has 0 spiro atoms. The summed E-state index contributed by atoms with van der Waals surface area (Å²) in [7, 11) is 1.85. The molecule has 0 aliphatic carbocycles. The maximum Gasteiger partial charge on any atom is 0.416 e. The summed E-state index contributed by atoms with van der Waals surface area (Å²) in [6, 6.07) is 3.42. The molecule has 2 atom stereocenters. The second-order valence-corrected chi connectivity index (χ2v) is 13.2. The predicted octanol–water partition coefficient (Wildman–Crippen LogP) is 6.76. The van der Waals surface area contributed by atoms with Crippen LogP contribution in [0.2, 0.25) is 0 Å². The summed E-state index contributed by atoms with van der Waals surface area (Å²) in [4.78, 5) is 41.1. The van der Waals surface area contributed by atoms with Gasteiger partial charge in [0, 0.05) is 30.9 Å². The number of carboxylic acids is 1. The van der Waals surface area contributed by atoms with E-state index >= 15 is 4.39 Å². The largest absolute Gasteiger partial charge is 0.481 e. The molecule has 1 saturated heterocycles. The van der Waals surface area contributed by atoms with Crippen molar-refractivity contribution in [3.05, 3.63) is 91.9 Å². The van der Waals surface area contributed by atoms with Gasteiger partial charge in [-0.25, -0.2) is 8.78 Å². The van der Waals surface area contributed by atoms with Crippen molar-refractivity contribution in [3.8, 4) is 11.1 Å². The van der Waals surface area contributed by atoms with Crippen LogP contribution in [0.3, 0.4) is 0 Å². The third kappa shape index (κ3) is 8.27. The van der Waals surface area contributed by atoms with Gasteiger partial charge in [-0.3, -0.25) is 14.4 Å². The first-order chi connectivity index (χ1) is 21.8. The van der Waals surface area contributed by atoms with Gasteiger partial charge in [0.05, 0.1) is 18.0 Å². The number of benzene rings is 2. The molecule has 1 fully saturated rings. The summed E-state index contributed by atoms with van der Waals surface area (Å²) in [6.45, 7) is 9.59. The van der Waals surface area contributed by atoms with Crippen LogP contribution in [0.4, 0.5) is 22.0 Å². The van der Waals surface area contributed by atoms with E-state index in [1.54, 1.807) is 33.8 Å². The SMILES string of the molecule is Cc1cc(-c2c(C)cc(F)cc2C)cc(C(CC(=O)O)NC(=O)C(CC(C)C)n2cc(CC3CN(C)C3)c(C(F)(F)F)cc2=O)c1F. The van der Waals surface area contributed by atoms with Crippen LogP contribution in [0.5, 0.6) is 0 Å². The minimum Gasteiger partial charge on any atom is -0.481 e. The van der Waals surface area contributed by atoms with Crippen molar-refractivity contribution < 1.29 is 36.6 Å². The summed E-state index contributed by atoms with van der Waals surface area (Å²) < 4.78 is 72.8. The van der Waals surface area contributed by atoms with Crippen molar-refractivity contribution in [1.29, 1.82) is 0 Å². The predicted molar refractivity (Wildman–Crippen MR) is 168 cm³/mol. The first-order valence-corrected chi connectivity index (χ1v) is 15.5. The molecule has 254 valence electrons. The number of amides is 1. The Labute approximate surface area is 270 Å². The van der Waals surface area contributed by atoms with E-state index in [0.717, 1.165) is 10.8 Å². The van der Waals surface area contributed by atoms with Crippen molar-refractivity contribution in [3.63, 3.8) is 0 Å². The van der Waals surface area contributed by atoms with Crippen LogP contribution in [-0.2, 0) is 22.2 Å². The van der Waals surface area contributed by atoms with E-state index in [-0.39, 0.29) is 41.4 Å². The third-order valence-electron chi connectivity index (χ3n) is 8.59. The Bertz CT molecular complexity index is 1700. The minimum atomic E-state index is -4.78. The molecule has 1 amide bonds. The molecule has 1 aliphatic heterocycles. The van der Waals surface area contributed by atoms with Gasteiger partial charge >= 0.3 is 12.1 Å². The molecule has 7 nitrogen and oxygen atoms in total. The number of nitrogens with zero attached hydrogens (tertiary/aromatic N) is 2. The molecule has 0 saturated carbocycles. The lowest BCUT2D eigenvalue weighted by molar-refractivity contribution is -0.139. The standard InChI is InChI=1S/C35H40F5N3O4/c1-18(2)7-29(43-17-24(11-22-15-42(6)16-22)27(13-30(43)44)35(38,39)40)34(47)41-28(14-31(45)46)26-12-23(8-21(5)33(26)37)32-19(3)9-25(36)10-20(32)4/h8-10,12-13,17-18,22,28-29H,7,11,14-16H2,1-6H3,(H,41,47)(H,45,46). The molecule has 0 bridgehead atoms. The molecule has 2 N–H and O–H groups in total. The van der Waals surface area contributed by atoms with Crippen LogP contribution < -0.4 is 10.9 Å². The lowest BCUT2D eigenvalue weighted by Crippen LogP contribution is -2.45. The summed E-state index contributed by atoms with van der Waals surface area (Å²) >= 11 is 0. The van der Waals surface area contributed by atoms with Gasteiger partial charge in [0.25, 0.3) is 5.56 Å². The van der Waals surface area contributed by atoms with Crippen molar-refractivity contribution in [2.75, 3.05) is 20.1 Å². The second kappa shape index (κ2) is 14.0. The van der Waals surface area contributed by atoms with E-state index in [2.05, 4.69) is 5.32 Å².